The number of hydrogen-bond donors (Lipinski definition) is 1. The molecule has 0 spiro atoms. The quantitative estimate of drug-likeness (QED) is 0.909. The highest BCUT2D eigenvalue weighted by atomic mass is 16.2. The molecule has 2 amide bonds. The normalized spacial score (nSPS) is 15.4. The number of aromatic nitrogens is 3. The van der Waals surface area contributed by atoms with Gasteiger partial charge in [0.05, 0.1) is 0 Å². The molecule has 0 bridgehead atoms. The molecule has 132 valence electrons. The standard InChI is InChI=1S/C18H23N5O2/c1-12-3-4-13(2)15(9-12)14-5-7-22(8-6-14)16(24)10-23-11-20-18(21-23)17(19)25/h3-4,9,11,14H,5-8,10H2,1-2H3,(H2,19,25). The first kappa shape index (κ1) is 17.1. The minimum Gasteiger partial charge on any atom is -0.363 e. The van der Waals surface area contributed by atoms with Crippen molar-refractivity contribution in [1.82, 2.24) is 19.7 Å². The molecule has 1 fully saturated rings. The van der Waals surface area contributed by atoms with Crippen molar-refractivity contribution in [3.05, 3.63) is 47.0 Å². The van der Waals surface area contributed by atoms with Crippen LogP contribution in [0, 0.1) is 13.8 Å². The van der Waals surface area contributed by atoms with Crippen molar-refractivity contribution < 1.29 is 9.59 Å². The maximum atomic E-state index is 12.4. The van der Waals surface area contributed by atoms with E-state index >= 15 is 0 Å². The first-order valence-electron chi connectivity index (χ1n) is 8.48. The SMILES string of the molecule is Cc1ccc(C)c(C2CCN(C(=O)Cn3cnc(C(N)=O)n3)CC2)c1. The third kappa shape index (κ3) is 3.87. The summed E-state index contributed by atoms with van der Waals surface area (Å²) in [4.78, 5) is 29.1. The van der Waals surface area contributed by atoms with Gasteiger partial charge in [0.1, 0.15) is 12.9 Å². The first-order valence-corrected chi connectivity index (χ1v) is 8.48. The van der Waals surface area contributed by atoms with Crippen LogP contribution in [0.1, 0.15) is 46.1 Å². The van der Waals surface area contributed by atoms with Gasteiger partial charge in [-0.2, -0.15) is 0 Å². The number of hydrogen-bond acceptors (Lipinski definition) is 4. The van der Waals surface area contributed by atoms with Gasteiger partial charge in [-0.15, -0.1) is 5.10 Å². The minimum absolute atomic E-state index is 0.0136. The van der Waals surface area contributed by atoms with Gasteiger partial charge in [0.25, 0.3) is 5.91 Å². The number of carbonyl (C=O) groups is 2. The van der Waals surface area contributed by atoms with Crippen molar-refractivity contribution >= 4 is 11.8 Å². The second-order valence-electron chi connectivity index (χ2n) is 6.65. The van der Waals surface area contributed by atoms with E-state index < -0.39 is 5.91 Å². The Bertz CT molecular complexity index is 791. The van der Waals surface area contributed by atoms with E-state index in [0.717, 1.165) is 25.9 Å². The topological polar surface area (TPSA) is 94.1 Å². The lowest BCUT2D eigenvalue weighted by Crippen LogP contribution is -2.40. The van der Waals surface area contributed by atoms with E-state index in [2.05, 4.69) is 42.1 Å². The smallest absolute Gasteiger partial charge is 0.288 e. The summed E-state index contributed by atoms with van der Waals surface area (Å²) in [7, 11) is 0. The fraction of sp³-hybridized carbons (Fsp3) is 0.444. The van der Waals surface area contributed by atoms with Crippen LogP contribution in [-0.2, 0) is 11.3 Å². The molecule has 0 atom stereocenters. The largest absolute Gasteiger partial charge is 0.363 e. The van der Waals surface area contributed by atoms with Crippen molar-refractivity contribution in [1.29, 1.82) is 0 Å². The van der Waals surface area contributed by atoms with Crippen molar-refractivity contribution in [2.24, 2.45) is 5.73 Å². The summed E-state index contributed by atoms with van der Waals surface area (Å²) < 4.78 is 1.36. The van der Waals surface area contributed by atoms with E-state index in [1.165, 1.54) is 27.7 Å². The molecule has 1 aliphatic rings. The van der Waals surface area contributed by atoms with Crippen molar-refractivity contribution in [3.63, 3.8) is 0 Å². The molecule has 7 nitrogen and oxygen atoms in total. The number of primary amides is 1. The van der Waals surface area contributed by atoms with Gasteiger partial charge in [0.2, 0.25) is 11.7 Å². The second kappa shape index (κ2) is 7.04. The Morgan fingerprint density at radius 2 is 1.96 bits per heavy atom. The monoisotopic (exact) mass is 341 g/mol. The molecule has 0 radical (unpaired) electrons. The number of nitrogens with two attached hydrogens (primary N) is 1. The van der Waals surface area contributed by atoms with Crippen LogP contribution < -0.4 is 5.73 Å². The van der Waals surface area contributed by atoms with Gasteiger partial charge in [-0.25, -0.2) is 9.67 Å². The molecular formula is C18H23N5O2. The first-order chi connectivity index (χ1) is 11.9. The summed E-state index contributed by atoms with van der Waals surface area (Å²) >= 11 is 0. The van der Waals surface area contributed by atoms with Gasteiger partial charge in [-0.05, 0) is 43.7 Å². The number of nitrogens with zero attached hydrogens (tertiary/aromatic N) is 4. The predicted molar refractivity (Wildman–Crippen MR) is 93.0 cm³/mol. The van der Waals surface area contributed by atoms with Crippen molar-refractivity contribution in [2.45, 2.75) is 39.2 Å². The van der Waals surface area contributed by atoms with Crippen LogP contribution in [0.5, 0.6) is 0 Å². The summed E-state index contributed by atoms with van der Waals surface area (Å²) in [6.07, 6.45) is 3.28. The fourth-order valence-corrected chi connectivity index (χ4v) is 3.36. The molecule has 0 aliphatic carbocycles. The van der Waals surface area contributed by atoms with Gasteiger partial charge in [-0.1, -0.05) is 23.8 Å². The van der Waals surface area contributed by atoms with Gasteiger partial charge in [-0.3, -0.25) is 9.59 Å². The Kier molecular flexibility index (Phi) is 4.83. The highest BCUT2D eigenvalue weighted by Crippen LogP contribution is 2.30. The number of carbonyl (C=O) groups excluding carboxylic acids is 2. The Morgan fingerprint density at radius 3 is 2.60 bits per heavy atom. The van der Waals surface area contributed by atoms with Crippen LogP contribution in [-0.4, -0.2) is 44.6 Å². The average molecular weight is 341 g/mol. The summed E-state index contributed by atoms with van der Waals surface area (Å²) in [5.41, 5.74) is 9.11. The molecular weight excluding hydrogens is 318 g/mol. The Morgan fingerprint density at radius 1 is 1.24 bits per heavy atom. The number of piperidine rings is 1. The van der Waals surface area contributed by atoms with Crippen molar-refractivity contribution in [2.75, 3.05) is 13.1 Å². The van der Waals surface area contributed by atoms with Gasteiger partial charge in [0, 0.05) is 13.1 Å². The van der Waals surface area contributed by atoms with E-state index in [-0.39, 0.29) is 18.3 Å². The molecule has 3 rings (SSSR count). The highest BCUT2D eigenvalue weighted by Gasteiger charge is 2.25. The molecule has 0 saturated carbocycles. The molecule has 2 N–H and O–H groups in total. The fourth-order valence-electron chi connectivity index (χ4n) is 3.36. The Labute approximate surface area is 146 Å². The second-order valence-corrected chi connectivity index (χ2v) is 6.65. The van der Waals surface area contributed by atoms with Gasteiger partial charge < -0.3 is 10.6 Å². The van der Waals surface area contributed by atoms with Crippen LogP contribution >= 0.6 is 0 Å². The third-order valence-electron chi connectivity index (χ3n) is 4.78. The summed E-state index contributed by atoms with van der Waals surface area (Å²) in [6, 6.07) is 6.57. The molecule has 1 saturated heterocycles. The average Bonchev–Trinajstić information content (AvgIpc) is 3.06. The summed E-state index contributed by atoms with van der Waals surface area (Å²) in [5.74, 6) is -0.279. The number of rotatable bonds is 4. The molecule has 2 heterocycles. The maximum absolute atomic E-state index is 12.4. The lowest BCUT2D eigenvalue weighted by Gasteiger charge is -2.33. The summed E-state index contributed by atoms with van der Waals surface area (Å²) in [5, 5.41) is 3.91. The molecule has 1 aromatic carbocycles. The van der Waals surface area contributed by atoms with E-state index in [0.29, 0.717) is 5.92 Å². The zero-order valence-corrected chi connectivity index (χ0v) is 14.6. The zero-order valence-electron chi connectivity index (χ0n) is 14.6. The van der Waals surface area contributed by atoms with E-state index in [1.807, 2.05) is 4.90 Å². The van der Waals surface area contributed by atoms with Crippen molar-refractivity contribution in [3.8, 4) is 0 Å². The zero-order chi connectivity index (χ0) is 18.0. The van der Waals surface area contributed by atoms with E-state index in [9.17, 15) is 9.59 Å². The van der Waals surface area contributed by atoms with Gasteiger partial charge >= 0.3 is 0 Å². The highest BCUT2D eigenvalue weighted by molar-refractivity contribution is 5.88. The number of likely N-dealkylation sites (tertiary alicyclic amines) is 1. The van der Waals surface area contributed by atoms with Crippen LogP contribution in [0.25, 0.3) is 0 Å². The Balaban J connectivity index is 1.58. The number of amides is 2. The molecule has 0 unspecified atom stereocenters. The lowest BCUT2D eigenvalue weighted by atomic mass is 9.86. The van der Waals surface area contributed by atoms with Crippen LogP contribution in [0.4, 0.5) is 0 Å². The molecule has 1 aromatic heterocycles. The third-order valence-corrected chi connectivity index (χ3v) is 4.78. The van der Waals surface area contributed by atoms with Crippen LogP contribution in [0.15, 0.2) is 24.5 Å². The molecule has 25 heavy (non-hydrogen) atoms. The maximum Gasteiger partial charge on any atom is 0.288 e. The van der Waals surface area contributed by atoms with Crippen LogP contribution in [0.3, 0.4) is 0 Å². The number of aryl methyl sites for hydroxylation is 2. The van der Waals surface area contributed by atoms with E-state index in [4.69, 9.17) is 5.73 Å². The van der Waals surface area contributed by atoms with Gasteiger partial charge in [0.15, 0.2) is 0 Å². The van der Waals surface area contributed by atoms with E-state index in [1.54, 1.807) is 0 Å². The Hall–Kier alpha value is -2.70. The lowest BCUT2D eigenvalue weighted by molar-refractivity contribution is -0.133. The molecule has 2 aromatic rings. The molecule has 7 heteroatoms. The minimum atomic E-state index is -0.694. The molecule has 1 aliphatic heterocycles. The van der Waals surface area contributed by atoms with Crippen LogP contribution in [0.2, 0.25) is 0 Å². The number of benzene rings is 1. The summed E-state index contributed by atoms with van der Waals surface area (Å²) in [6.45, 7) is 5.80. The predicted octanol–water partition coefficient (Wildman–Crippen LogP) is 1.40.